The third-order valence-electron chi connectivity index (χ3n) is 4.83. The number of fused-ring (bicyclic) bond motifs is 1. The van der Waals surface area contributed by atoms with E-state index in [4.69, 9.17) is 4.74 Å². The van der Waals surface area contributed by atoms with Crippen LogP contribution in [-0.4, -0.2) is 25.1 Å². The highest BCUT2D eigenvalue weighted by Crippen LogP contribution is 2.25. The van der Waals surface area contributed by atoms with Crippen LogP contribution in [0.2, 0.25) is 0 Å². The summed E-state index contributed by atoms with van der Waals surface area (Å²) in [6.45, 7) is 5.38. The van der Waals surface area contributed by atoms with E-state index in [1.54, 1.807) is 46.7 Å². The number of halogens is 2. The van der Waals surface area contributed by atoms with E-state index >= 15 is 0 Å². The monoisotopic (exact) mass is 425 g/mol. The largest absolute Gasteiger partial charge is 0.485 e. The Morgan fingerprint density at radius 2 is 1.94 bits per heavy atom. The maximum atomic E-state index is 13.9. The van der Waals surface area contributed by atoms with E-state index in [-0.39, 0.29) is 24.1 Å². The predicted molar refractivity (Wildman–Crippen MR) is 111 cm³/mol. The molecule has 3 aromatic heterocycles. The van der Waals surface area contributed by atoms with E-state index in [1.807, 2.05) is 13.8 Å². The van der Waals surface area contributed by atoms with Gasteiger partial charge in [0.25, 0.3) is 5.91 Å². The normalized spacial score (nSPS) is 11.3. The SMILES string of the molecule is Cc1nc2c(OCc3c(F)cccc3F)cccn2c1C(=O)Nc1cnn(C(C)C)c1. The van der Waals surface area contributed by atoms with Crippen LogP contribution in [0, 0.1) is 18.6 Å². The van der Waals surface area contributed by atoms with Crippen LogP contribution < -0.4 is 10.1 Å². The van der Waals surface area contributed by atoms with Crippen molar-refractivity contribution in [2.75, 3.05) is 5.32 Å². The molecule has 0 bridgehead atoms. The molecule has 31 heavy (non-hydrogen) atoms. The molecule has 0 fully saturated rings. The Hall–Kier alpha value is -3.75. The first-order chi connectivity index (χ1) is 14.8. The summed E-state index contributed by atoms with van der Waals surface area (Å²) in [7, 11) is 0. The molecule has 0 atom stereocenters. The zero-order valence-electron chi connectivity index (χ0n) is 17.3. The zero-order valence-corrected chi connectivity index (χ0v) is 17.3. The van der Waals surface area contributed by atoms with E-state index < -0.39 is 11.6 Å². The topological polar surface area (TPSA) is 73.5 Å². The van der Waals surface area contributed by atoms with Gasteiger partial charge in [-0.1, -0.05) is 6.07 Å². The fourth-order valence-corrected chi connectivity index (χ4v) is 3.24. The van der Waals surface area contributed by atoms with Crippen LogP contribution in [0.1, 0.15) is 41.6 Å². The number of rotatable bonds is 6. The first-order valence-corrected chi connectivity index (χ1v) is 9.74. The van der Waals surface area contributed by atoms with E-state index in [9.17, 15) is 13.6 Å². The molecule has 4 aromatic rings. The van der Waals surface area contributed by atoms with Gasteiger partial charge in [-0.2, -0.15) is 5.10 Å². The molecule has 0 aliphatic heterocycles. The van der Waals surface area contributed by atoms with Gasteiger partial charge in [0, 0.05) is 18.4 Å². The molecule has 0 spiro atoms. The van der Waals surface area contributed by atoms with Gasteiger partial charge in [0.15, 0.2) is 11.4 Å². The van der Waals surface area contributed by atoms with Crippen LogP contribution in [0.4, 0.5) is 14.5 Å². The van der Waals surface area contributed by atoms with Gasteiger partial charge in [0.05, 0.1) is 23.1 Å². The lowest BCUT2D eigenvalue weighted by Crippen LogP contribution is -2.15. The Kier molecular flexibility index (Phi) is 5.41. The first kappa shape index (κ1) is 20.5. The number of imidazole rings is 1. The number of ether oxygens (including phenoxy) is 1. The Morgan fingerprint density at radius 3 is 2.61 bits per heavy atom. The fraction of sp³-hybridized carbons (Fsp3) is 0.227. The maximum absolute atomic E-state index is 13.9. The highest BCUT2D eigenvalue weighted by Gasteiger charge is 2.20. The number of carbonyl (C=O) groups is 1. The Morgan fingerprint density at radius 1 is 1.19 bits per heavy atom. The van der Waals surface area contributed by atoms with Crippen LogP contribution in [0.3, 0.4) is 0 Å². The molecule has 3 heterocycles. The quantitative estimate of drug-likeness (QED) is 0.493. The summed E-state index contributed by atoms with van der Waals surface area (Å²) in [6, 6.07) is 7.12. The zero-order chi connectivity index (χ0) is 22.1. The summed E-state index contributed by atoms with van der Waals surface area (Å²) in [5, 5.41) is 7.04. The molecular formula is C22H21F2N5O2. The number of nitrogens with zero attached hydrogens (tertiary/aromatic N) is 4. The minimum Gasteiger partial charge on any atom is -0.485 e. The van der Waals surface area contributed by atoms with Crippen molar-refractivity contribution in [2.24, 2.45) is 0 Å². The van der Waals surface area contributed by atoms with Crippen molar-refractivity contribution in [3.63, 3.8) is 0 Å². The molecule has 4 rings (SSSR count). The summed E-state index contributed by atoms with van der Waals surface area (Å²) in [5.74, 6) is -1.42. The summed E-state index contributed by atoms with van der Waals surface area (Å²) >= 11 is 0. The number of aromatic nitrogens is 4. The number of anilines is 1. The second-order valence-corrected chi connectivity index (χ2v) is 7.36. The summed E-state index contributed by atoms with van der Waals surface area (Å²) < 4.78 is 36.8. The minimum absolute atomic E-state index is 0.169. The van der Waals surface area contributed by atoms with Crippen LogP contribution in [-0.2, 0) is 6.61 Å². The molecule has 160 valence electrons. The highest BCUT2D eigenvalue weighted by atomic mass is 19.1. The number of nitrogens with one attached hydrogen (secondary N) is 1. The first-order valence-electron chi connectivity index (χ1n) is 9.74. The third kappa shape index (κ3) is 3.98. The van der Waals surface area contributed by atoms with Crippen molar-refractivity contribution in [2.45, 2.75) is 33.4 Å². The standard InChI is InChI=1S/C22H21F2N5O2/c1-13(2)29-11-15(10-25-29)27-22(30)20-14(3)26-21-19(8-5-9-28(20)21)31-12-16-17(23)6-4-7-18(16)24/h4-11,13H,12H2,1-3H3,(H,27,30). The number of hydrogen-bond acceptors (Lipinski definition) is 4. The van der Waals surface area contributed by atoms with Crippen LogP contribution >= 0.6 is 0 Å². The molecule has 0 saturated carbocycles. The fourth-order valence-electron chi connectivity index (χ4n) is 3.24. The van der Waals surface area contributed by atoms with E-state index in [0.717, 1.165) is 0 Å². The van der Waals surface area contributed by atoms with Gasteiger partial charge in [-0.15, -0.1) is 0 Å². The molecule has 1 aromatic carbocycles. The van der Waals surface area contributed by atoms with Crippen LogP contribution in [0.15, 0.2) is 48.9 Å². The molecule has 0 saturated heterocycles. The highest BCUT2D eigenvalue weighted by molar-refractivity contribution is 6.04. The van der Waals surface area contributed by atoms with Crippen LogP contribution in [0.5, 0.6) is 5.75 Å². The number of hydrogen-bond donors (Lipinski definition) is 1. The van der Waals surface area contributed by atoms with E-state index in [0.29, 0.717) is 28.5 Å². The van der Waals surface area contributed by atoms with Gasteiger partial charge in [0.1, 0.15) is 23.9 Å². The lowest BCUT2D eigenvalue weighted by atomic mass is 10.2. The predicted octanol–water partition coefficient (Wildman–Crippen LogP) is 4.53. The Labute approximate surface area is 177 Å². The summed E-state index contributed by atoms with van der Waals surface area (Å²) in [5.41, 5.74) is 1.58. The van der Waals surface area contributed by atoms with Crippen molar-refractivity contribution in [3.05, 3.63) is 77.5 Å². The molecule has 7 nitrogen and oxygen atoms in total. The minimum atomic E-state index is -0.687. The maximum Gasteiger partial charge on any atom is 0.274 e. The van der Waals surface area contributed by atoms with Crippen molar-refractivity contribution in [1.29, 1.82) is 0 Å². The molecule has 1 N–H and O–H groups in total. The lowest BCUT2D eigenvalue weighted by molar-refractivity contribution is 0.102. The molecule has 9 heteroatoms. The van der Waals surface area contributed by atoms with Gasteiger partial charge in [-0.3, -0.25) is 13.9 Å². The number of aryl methyl sites for hydroxylation is 1. The number of pyridine rings is 1. The number of benzene rings is 1. The molecular weight excluding hydrogens is 404 g/mol. The molecule has 0 aliphatic carbocycles. The molecule has 0 unspecified atom stereocenters. The molecule has 1 amide bonds. The van der Waals surface area contributed by atoms with Crippen molar-refractivity contribution < 1.29 is 18.3 Å². The number of amides is 1. The molecule has 0 aliphatic rings. The summed E-state index contributed by atoms with van der Waals surface area (Å²) in [4.78, 5) is 17.4. The summed E-state index contributed by atoms with van der Waals surface area (Å²) in [6.07, 6.45) is 5.00. The van der Waals surface area contributed by atoms with Gasteiger partial charge in [-0.25, -0.2) is 13.8 Å². The smallest absolute Gasteiger partial charge is 0.274 e. The van der Waals surface area contributed by atoms with Crippen LogP contribution in [0.25, 0.3) is 5.65 Å². The molecule has 0 radical (unpaired) electrons. The Balaban J connectivity index is 1.61. The van der Waals surface area contributed by atoms with E-state index in [1.165, 1.54) is 18.2 Å². The van der Waals surface area contributed by atoms with Crippen molar-refractivity contribution in [3.8, 4) is 5.75 Å². The Bertz CT molecular complexity index is 1240. The second kappa shape index (κ2) is 8.17. The average molecular weight is 425 g/mol. The van der Waals surface area contributed by atoms with Crippen molar-refractivity contribution >= 4 is 17.2 Å². The van der Waals surface area contributed by atoms with Gasteiger partial charge >= 0.3 is 0 Å². The number of carbonyl (C=O) groups excluding carboxylic acids is 1. The third-order valence-corrected chi connectivity index (χ3v) is 4.83. The van der Waals surface area contributed by atoms with Gasteiger partial charge in [0.2, 0.25) is 0 Å². The van der Waals surface area contributed by atoms with E-state index in [2.05, 4.69) is 15.4 Å². The second-order valence-electron chi connectivity index (χ2n) is 7.36. The van der Waals surface area contributed by atoms with Gasteiger partial charge in [-0.05, 0) is 45.0 Å². The van der Waals surface area contributed by atoms with Crippen molar-refractivity contribution in [1.82, 2.24) is 19.2 Å². The lowest BCUT2D eigenvalue weighted by Gasteiger charge is -2.09. The average Bonchev–Trinajstić information content (AvgIpc) is 3.31. The van der Waals surface area contributed by atoms with Gasteiger partial charge < -0.3 is 10.1 Å².